The molecule has 0 aliphatic heterocycles. The zero-order valence-electron chi connectivity index (χ0n) is 13.3. The molecule has 0 saturated heterocycles. The SMILES string of the molecule is CCN(CC)C(=O)n1ccc(S(=O)(=O)c2ccccc2OC)n1. The lowest BCUT2D eigenvalue weighted by molar-refractivity contribution is 0.201. The minimum Gasteiger partial charge on any atom is -0.495 e. The molecule has 8 heteroatoms. The van der Waals surface area contributed by atoms with E-state index in [1.54, 1.807) is 23.1 Å². The van der Waals surface area contributed by atoms with E-state index in [9.17, 15) is 13.2 Å². The highest BCUT2D eigenvalue weighted by Crippen LogP contribution is 2.28. The summed E-state index contributed by atoms with van der Waals surface area (Å²) in [6.45, 7) is 4.72. The third-order valence-electron chi connectivity index (χ3n) is 3.43. The number of carbonyl (C=O) groups is 1. The molecule has 1 aromatic carbocycles. The lowest BCUT2D eigenvalue weighted by Crippen LogP contribution is -2.34. The summed E-state index contributed by atoms with van der Waals surface area (Å²) in [4.78, 5) is 13.8. The topological polar surface area (TPSA) is 81.5 Å². The summed E-state index contributed by atoms with van der Waals surface area (Å²) in [5.41, 5.74) is 0. The van der Waals surface area contributed by atoms with Crippen LogP contribution in [0.15, 0.2) is 46.5 Å². The first-order chi connectivity index (χ1) is 11.0. The highest BCUT2D eigenvalue weighted by atomic mass is 32.2. The van der Waals surface area contributed by atoms with Crippen LogP contribution >= 0.6 is 0 Å². The minimum absolute atomic E-state index is 0.0167. The van der Waals surface area contributed by atoms with Crippen molar-refractivity contribution in [1.82, 2.24) is 14.7 Å². The van der Waals surface area contributed by atoms with Crippen molar-refractivity contribution in [2.24, 2.45) is 0 Å². The predicted octanol–water partition coefficient (Wildman–Crippen LogP) is 2.03. The maximum atomic E-state index is 12.7. The molecule has 0 bridgehead atoms. The standard InChI is InChI=1S/C15H19N3O4S/c1-4-17(5-2)15(19)18-11-10-14(16-18)23(20,21)13-9-7-6-8-12(13)22-3/h6-11H,4-5H2,1-3H3. The van der Waals surface area contributed by atoms with Crippen LogP contribution in [-0.4, -0.2) is 49.3 Å². The second-order valence-corrected chi connectivity index (χ2v) is 6.57. The quantitative estimate of drug-likeness (QED) is 0.834. The van der Waals surface area contributed by atoms with E-state index in [0.717, 1.165) is 4.68 Å². The van der Waals surface area contributed by atoms with Crippen molar-refractivity contribution >= 4 is 15.9 Å². The van der Waals surface area contributed by atoms with E-state index in [4.69, 9.17) is 4.74 Å². The van der Waals surface area contributed by atoms with Gasteiger partial charge in [-0.1, -0.05) is 12.1 Å². The number of nitrogens with zero attached hydrogens (tertiary/aromatic N) is 3. The first-order valence-electron chi connectivity index (χ1n) is 7.18. The maximum absolute atomic E-state index is 12.7. The molecule has 2 rings (SSSR count). The van der Waals surface area contributed by atoms with Gasteiger partial charge in [0.15, 0.2) is 5.03 Å². The normalized spacial score (nSPS) is 11.3. The number of amides is 1. The molecule has 1 aromatic heterocycles. The Labute approximate surface area is 135 Å². The van der Waals surface area contributed by atoms with Gasteiger partial charge in [0.05, 0.1) is 7.11 Å². The molecule has 124 valence electrons. The summed E-state index contributed by atoms with van der Waals surface area (Å²) in [6.07, 6.45) is 1.35. The van der Waals surface area contributed by atoms with Crippen molar-refractivity contribution in [3.63, 3.8) is 0 Å². The van der Waals surface area contributed by atoms with E-state index in [-0.39, 0.29) is 21.7 Å². The number of sulfone groups is 1. The molecule has 0 N–H and O–H groups in total. The molecule has 0 unspecified atom stereocenters. The molecular formula is C15H19N3O4S. The number of aromatic nitrogens is 2. The summed E-state index contributed by atoms with van der Waals surface area (Å²) < 4.78 is 31.5. The molecule has 0 radical (unpaired) electrons. The predicted molar refractivity (Wildman–Crippen MR) is 84.4 cm³/mol. The Balaban J connectivity index is 2.41. The van der Waals surface area contributed by atoms with Gasteiger partial charge >= 0.3 is 6.03 Å². The van der Waals surface area contributed by atoms with E-state index in [0.29, 0.717) is 13.1 Å². The van der Waals surface area contributed by atoms with E-state index in [1.807, 2.05) is 13.8 Å². The second kappa shape index (κ2) is 6.82. The Kier molecular flexibility index (Phi) is 5.05. The summed E-state index contributed by atoms with van der Waals surface area (Å²) in [5.74, 6) is 0.233. The number of ether oxygens (including phenoxy) is 1. The summed E-state index contributed by atoms with van der Waals surface area (Å²) in [7, 11) is -2.46. The molecule has 0 atom stereocenters. The average molecular weight is 337 g/mol. The summed E-state index contributed by atoms with van der Waals surface area (Å²) in [6, 6.07) is 7.23. The number of para-hydroxylation sites is 1. The maximum Gasteiger partial charge on any atom is 0.344 e. The third kappa shape index (κ3) is 3.21. The Morgan fingerprint density at radius 3 is 2.48 bits per heavy atom. The van der Waals surface area contributed by atoms with Crippen LogP contribution in [0.5, 0.6) is 5.75 Å². The van der Waals surface area contributed by atoms with Crippen molar-refractivity contribution in [1.29, 1.82) is 0 Å². The number of benzene rings is 1. The zero-order chi connectivity index (χ0) is 17.0. The summed E-state index contributed by atoms with van der Waals surface area (Å²) >= 11 is 0. The molecular weight excluding hydrogens is 318 g/mol. The Morgan fingerprint density at radius 2 is 1.87 bits per heavy atom. The van der Waals surface area contributed by atoms with E-state index < -0.39 is 9.84 Å². The molecule has 2 aromatic rings. The van der Waals surface area contributed by atoms with Gasteiger partial charge in [0, 0.05) is 19.3 Å². The second-order valence-electron chi connectivity index (χ2n) is 4.71. The van der Waals surface area contributed by atoms with Crippen LogP contribution in [0.4, 0.5) is 4.79 Å². The van der Waals surface area contributed by atoms with Crippen LogP contribution in [0, 0.1) is 0 Å². The van der Waals surface area contributed by atoms with Crippen molar-refractivity contribution in [2.75, 3.05) is 20.2 Å². The van der Waals surface area contributed by atoms with Crippen LogP contribution in [0.1, 0.15) is 13.8 Å². The van der Waals surface area contributed by atoms with E-state index in [1.165, 1.54) is 25.4 Å². The lowest BCUT2D eigenvalue weighted by atomic mass is 10.3. The number of carbonyl (C=O) groups excluding carboxylic acids is 1. The molecule has 7 nitrogen and oxygen atoms in total. The Bertz CT molecular complexity index is 795. The van der Waals surface area contributed by atoms with E-state index in [2.05, 4.69) is 5.10 Å². The van der Waals surface area contributed by atoms with Crippen molar-refractivity contribution in [2.45, 2.75) is 23.8 Å². The Morgan fingerprint density at radius 1 is 1.22 bits per heavy atom. The molecule has 0 aliphatic rings. The van der Waals surface area contributed by atoms with Gasteiger partial charge in [-0.15, -0.1) is 0 Å². The highest BCUT2D eigenvalue weighted by Gasteiger charge is 2.25. The first kappa shape index (κ1) is 17.0. The monoisotopic (exact) mass is 337 g/mol. The molecule has 0 saturated carbocycles. The first-order valence-corrected chi connectivity index (χ1v) is 8.67. The molecule has 0 fully saturated rings. The molecule has 23 heavy (non-hydrogen) atoms. The number of rotatable bonds is 5. The van der Waals surface area contributed by atoms with Crippen LogP contribution < -0.4 is 4.74 Å². The smallest absolute Gasteiger partial charge is 0.344 e. The van der Waals surface area contributed by atoms with Crippen molar-refractivity contribution in [3.8, 4) is 5.75 Å². The third-order valence-corrected chi connectivity index (χ3v) is 5.11. The number of methoxy groups -OCH3 is 1. The lowest BCUT2D eigenvalue weighted by Gasteiger charge is -2.17. The molecule has 1 heterocycles. The number of hydrogen-bond donors (Lipinski definition) is 0. The molecule has 0 spiro atoms. The largest absolute Gasteiger partial charge is 0.495 e. The van der Waals surface area contributed by atoms with Gasteiger partial charge in [-0.25, -0.2) is 13.2 Å². The van der Waals surface area contributed by atoms with Crippen LogP contribution in [0.3, 0.4) is 0 Å². The van der Waals surface area contributed by atoms with Crippen LogP contribution in [0.25, 0.3) is 0 Å². The summed E-state index contributed by atoms with van der Waals surface area (Å²) in [5, 5.41) is 3.74. The van der Waals surface area contributed by atoms with Gasteiger partial charge in [0.2, 0.25) is 9.84 Å². The van der Waals surface area contributed by atoms with Gasteiger partial charge in [-0.2, -0.15) is 9.78 Å². The van der Waals surface area contributed by atoms with Gasteiger partial charge in [-0.05, 0) is 32.0 Å². The minimum atomic E-state index is -3.86. The van der Waals surface area contributed by atoms with Crippen LogP contribution in [0.2, 0.25) is 0 Å². The van der Waals surface area contributed by atoms with Gasteiger partial charge < -0.3 is 9.64 Å². The van der Waals surface area contributed by atoms with Gasteiger partial charge in [-0.3, -0.25) is 0 Å². The van der Waals surface area contributed by atoms with E-state index >= 15 is 0 Å². The Hall–Kier alpha value is -2.35. The fraction of sp³-hybridized carbons (Fsp3) is 0.333. The molecule has 1 amide bonds. The van der Waals surface area contributed by atoms with Crippen molar-refractivity contribution < 1.29 is 17.9 Å². The van der Waals surface area contributed by atoms with Gasteiger partial charge in [0.25, 0.3) is 0 Å². The fourth-order valence-electron chi connectivity index (χ4n) is 2.15. The molecule has 0 aliphatic carbocycles. The zero-order valence-corrected chi connectivity index (χ0v) is 14.1. The highest BCUT2D eigenvalue weighted by molar-refractivity contribution is 7.91. The number of hydrogen-bond acceptors (Lipinski definition) is 5. The van der Waals surface area contributed by atoms with Gasteiger partial charge in [0.1, 0.15) is 10.6 Å². The van der Waals surface area contributed by atoms with Crippen LogP contribution in [-0.2, 0) is 9.84 Å². The fourth-order valence-corrected chi connectivity index (χ4v) is 3.48. The average Bonchev–Trinajstić information content (AvgIpc) is 3.06. The van der Waals surface area contributed by atoms with Crippen molar-refractivity contribution in [3.05, 3.63) is 36.5 Å².